The fourth-order valence-electron chi connectivity index (χ4n) is 0. The molecule has 0 amide bonds. The first-order chi connectivity index (χ1) is 1.73. The summed E-state index contributed by atoms with van der Waals surface area (Å²) in [6, 6.07) is 0. The van der Waals surface area contributed by atoms with Gasteiger partial charge in [-0.25, -0.2) is 0 Å². The van der Waals surface area contributed by atoms with Crippen molar-refractivity contribution in [3.63, 3.8) is 0 Å². The smallest absolute Gasteiger partial charge is 0.0483 e. The number of hydrogen-bond acceptors (Lipinski definition) is 1. The highest BCUT2D eigenvalue weighted by Gasteiger charge is 1.69. The summed E-state index contributed by atoms with van der Waals surface area (Å²) >= 11 is 0. The third kappa shape index (κ3) is 3470. The second-order valence-corrected chi connectivity index (χ2v) is 1.09. The van der Waals surface area contributed by atoms with E-state index in [-0.39, 0.29) is 21.8 Å². The van der Waals surface area contributed by atoms with Crippen LogP contribution in [-0.2, 0) is 0 Å². The summed E-state index contributed by atoms with van der Waals surface area (Å²) in [5.74, 6) is 0. The molecule has 0 bridgehead atoms. The summed E-state index contributed by atoms with van der Waals surface area (Å²) in [7, 11) is 0. The van der Waals surface area contributed by atoms with E-state index in [4.69, 9.17) is 5.11 Å². The van der Waals surface area contributed by atoms with E-state index in [2.05, 4.69) is 0 Å². The third-order valence-electron chi connectivity index (χ3n) is 0. The van der Waals surface area contributed by atoms with Crippen LogP contribution in [0, 0.1) is 0 Å². The highest BCUT2D eigenvalue weighted by atomic mass is 28.1. The van der Waals surface area contributed by atoms with Crippen LogP contribution in [0.4, 0.5) is 4.70 Å². The lowest BCUT2D eigenvalue weighted by Gasteiger charge is -1.80. The minimum atomic E-state index is -0.167. The van der Waals surface area contributed by atoms with E-state index < -0.39 is 0 Å². The number of aliphatic hydroxyl groups excluding tert-OH is 1. The topological polar surface area (TPSA) is 20.2 Å². The Morgan fingerprint density at radius 1 is 1.33 bits per heavy atom. The van der Waals surface area contributed by atoms with Crippen molar-refractivity contribution < 1.29 is 9.81 Å². The van der Waals surface area contributed by atoms with Gasteiger partial charge in [-0.1, -0.05) is 0 Å². The van der Waals surface area contributed by atoms with Gasteiger partial charge in [-0.2, -0.15) is 0 Å². The monoisotopic (exact) mass is 112 g/mol. The second-order valence-electron chi connectivity index (χ2n) is 1.09. The van der Waals surface area contributed by atoms with Crippen molar-refractivity contribution in [3.05, 3.63) is 0 Å². The summed E-state index contributed by atoms with van der Waals surface area (Å²) in [6.07, 6.45) is -0.167. The van der Waals surface area contributed by atoms with E-state index in [9.17, 15) is 0 Å². The molecule has 0 aromatic carbocycles. The third-order valence-corrected chi connectivity index (χ3v) is 0. The highest BCUT2D eigenvalue weighted by Crippen LogP contribution is 1.65. The zero-order valence-corrected chi connectivity index (χ0v) is 3.43. The number of aliphatic hydroxyl groups is 1. The van der Waals surface area contributed by atoms with Gasteiger partial charge in [-0.3, -0.25) is 4.70 Å². The Hall–Kier alpha value is 0.107. The zero-order valence-electron chi connectivity index (χ0n) is 3.43. The molecule has 0 aromatic rings. The second kappa shape index (κ2) is 8.92. The quantitative estimate of drug-likeness (QED) is 0.402. The van der Waals surface area contributed by atoms with Gasteiger partial charge in [0.2, 0.25) is 0 Å². The SMILES string of the molecule is CC(C)O.F.[SiH4]. The lowest BCUT2D eigenvalue weighted by atomic mass is 10.5. The molecule has 0 atom stereocenters. The predicted molar refractivity (Wildman–Crippen MR) is 31.2 cm³/mol. The van der Waals surface area contributed by atoms with Crippen molar-refractivity contribution in [2.75, 3.05) is 0 Å². The number of halogens is 1. The van der Waals surface area contributed by atoms with Crippen LogP contribution in [0.2, 0.25) is 0 Å². The molecular formula is C3H13FOSi. The Kier molecular flexibility index (Phi) is 24.5. The maximum Gasteiger partial charge on any atom is 0.0483 e. The summed E-state index contributed by atoms with van der Waals surface area (Å²) < 4.78 is 0. The van der Waals surface area contributed by atoms with Gasteiger partial charge in [0.05, 0.1) is 0 Å². The number of rotatable bonds is 0. The minimum Gasteiger partial charge on any atom is -0.394 e. The van der Waals surface area contributed by atoms with E-state index in [1.54, 1.807) is 13.8 Å². The Morgan fingerprint density at radius 2 is 1.33 bits per heavy atom. The molecule has 0 aliphatic carbocycles. The molecule has 0 fully saturated rings. The Bertz CT molecular complexity index is 15.5. The molecule has 0 unspecified atom stereocenters. The molecule has 0 aliphatic heterocycles. The molecule has 0 saturated carbocycles. The van der Waals surface area contributed by atoms with Gasteiger partial charge in [-0.15, -0.1) is 0 Å². The van der Waals surface area contributed by atoms with E-state index in [0.717, 1.165) is 0 Å². The highest BCUT2D eigenvalue weighted by molar-refractivity contribution is 5.75. The zero-order chi connectivity index (χ0) is 3.58. The molecule has 0 heterocycles. The van der Waals surface area contributed by atoms with Crippen LogP contribution in [0.1, 0.15) is 13.8 Å². The first kappa shape index (κ1) is 16.5. The van der Waals surface area contributed by atoms with Crippen LogP contribution in [0.5, 0.6) is 0 Å². The standard InChI is InChI=1S/C3H8O.FH.H4Si/c1-3(2)4;;/h3-4H,1-2H3;1H;1H4. The Labute approximate surface area is 41.8 Å². The first-order valence-electron chi connectivity index (χ1n) is 1.41. The first-order valence-corrected chi connectivity index (χ1v) is 1.41. The maximum atomic E-state index is 8.06. The minimum absolute atomic E-state index is 0. The molecule has 0 saturated heterocycles. The van der Waals surface area contributed by atoms with Crippen molar-refractivity contribution in [2.24, 2.45) is 0 Å². The molecule has 3 heteroatoms. The van der Waals surface area contributed by atoms with Crippen LogP contribution < -0.4 is 0 Å². The van der Waals surface area contributed by atoms with E-state index in [1.807, 2.05) is 0 Å². The molecule has 0 rings (SSSR count). The fraction of sp³-hybridized carbons (Fsp3) is 1.00. The van der Waals surface area contributed by atoms with Crippen molar-refractivity contribution in [1.29, 1.82) is 0 Å². The molecular weight excluding hydrogens is 99.1 g/mol. The van der Waals surface area contributed by atoms with Crippen LogP contribution in [0.3, 0.4) is 0 Å². The van der Waals surface area contributed by atoms with Gasteiger partial charge in [0, 0.05) is 6.10 Å². The summed E-state index contributed by atoms with van der Waals surface area (Å²) in [6.45, 7) is 3.44. The summed E-state index contributed by atoms with van der Waals surface area (Å²) in [5.41, 5.74) is 0. The molecule has 1 nitrogen and oxygen atoms in total. The van der Waals surface area contributed by atoms with Gasteiger partial charge < -0.3 is 5.11 Å². The molecule has 0 aliphatic rings. The summed E-state index contributed by atoms with van der Waals surface area (Å²) in [4.78, 5) is 0. The lowest BCUT2D eigenvalue weighted by molar-refractivity contribution is 0.216. The van der Waals surface area contributed by atoms with Crippen LogP contribution >= 0.6 is 0 Å². The Morgan fingerprint density at radius 3 is 1.33 bits per heavy atom. The van der Waals surface area contributed by atoms with Gasteiger partial charge >= 0.3 is 0 Å². The van der Waals surface area contributed by atoms with E-state index >= 15 is 0 Å². The molecule has 0 aromatic heterocycles. The van der Waals surface area contributed by atoms with Crippen molar-refractivity contribution in [2.45, 2.75) is 20.0 Å². The van der Waals surface area contributed by atoms with Crippen molar-refractivity contribution in [3.8, 4) is 0 Å². The molecule has 0 radical (unpaired) electrons. The van der Waals surface area contributed by atoms with Crippen LogP contribution in [-0.4, -0.2) is 22.2 Å². The van der Waals surface area contributed by atoms with Gasteiger partial charge in [0.15, 0.2) is 0 Å². The average molecular weight is 112 g/mol. The number of hydrogen-bond donors (Lipinski definition) is 1. The van der Waals surface area contributed by atoms with Gasteiger partial charge in [-0.05, 0) is 24.8 Å². The van der Waals surface area contributed by atoms with Gasteiger partial charge in [0.1, 0.15) is 0 Å². The van der Waals surface area contributed by atoms with Crippen molar-refractivity contribution in [1.82, 2.24) is 0 Å². The predicted octanol–water partition coefficient (Wildman–Crippen LogP) is -0.912. The van der Waals surface area contributed by atoms with Crippen LogP contribution in [0.15, 0.2) is 0 Å². The largest absolute Gasteiger partial charge is 0.394 e. The fourth-order valence-corrected chi connectivity index (χ4v) is 0. The molecule has 42 valence electrons. The molecule has 6 heavy (non-hydrogen) atoms. The van der Waals surface area contributed by atoms with Gasteiger partial charge in [0.25, 0.3) is 0 Å². The average Bonchev–Trinajstić information content (AvgIpc) is 0.811. The summed E-state index contributed by atoms with van der Waals surface area (Å²) in [5, 5.41) is 8.06. The molecule has 0 spiro atoms. The molecule has 1 N–H and O–H groups in total. The Balaban J connectivity index is -0.0000000450. The van der Waals surface area contributed by atoms with Crippen LogP contribution in [0.25, 0.3) is 0 Å². The van der Waals surface area contributed by atoms with E-state index in [1.165, 1.54) is 0 Å². The van der Waals surface area contributed by atoms with E-state index in [0.29, 0.717) is 0 Å². The van der Waals surface area contributed by atoms with Crippen molar-refractivity contribution >= 4 is 11.0 Å². The lowest BCUT2D eigenvalue weighted by Crippen LogP contribution is -1.85. The normalized spacial score (nSPS) is 6.00. The maximum absolute atomic E-state index is 8.06.